The fourth-order valence-corrected chi connectivity index (χ4v) is 5.82. The SMILES string of the molecule is COC(=O)C[C@@H]1COc2cc(O[C@@H]3CCc4c3ccc(C(F)(F)F)c4-c3c(C)cc(/C(N)=N/O)cc3C)ccc21. The van der Waals surface area contributed by atoms with Crippen LogP contribution >= 0.6 is 0 Å². The predicted molar refractivity (Wildman–Crippen MR) is 142 cm³/mol. The van der Waals surface area contributed by atoms with Crippen LogP contribution < -0.4 is 15.2 Å². The third-order valence-corrected chi connectivity index (χ3v) is 7.63. The molecule has 0 bridgehead atoms. The van der Waals surface area contributed by atoms with Gasteiger partial charge in [0.05, 0.1) is 25.7 Å². The topological polar surface area (TPSA) is 103 Å². The summed E-state index contributed by atoms with van der Waals surface area (Å²) >= 11 is 0. The first kappa shape index (κ1) is 27.4. The van der Waals surface area contributed by atoms with Crippen LogP contribution in [0.3, 0.4) is 0 Å². The fraction of sp³-hybridized carbons (Fsp3) is 0.333. The van der Waals surface area contributed by atoms with Crippen LogP contribution in [0.1, 0.15) is 63.8 Å². The number of alkyl halides is 3. The van der Waals surface area contributed by atoms with E-state index in [2.05, 4.69) is 5.16 Å². The molecule has 40 heavy (non-hydrogen) atoms. The highest BCUT2D eigenvalue weighted by Gasteiger charge is 2.39. The highest BCUT2D eigenvalue weighted by atomic mass is 19.4. The summed E-state index contributed by atoms with van der Waals surface area (Å²) in [5, 5.41) is 12.1. The van der Waals surface area contributed by atoms with Gasteiger partial charge in [0.25, 0.3) is 0 Å². The second kappa shape index (κ2) is 10.4. The number of benzene rings is 3. The molecule has 0 aromatic heterocycles. The number of ether oxygens (including phenoxy) is 3. The van der Waals surface area contributed by atoms with Gasteiger partial charge < -0.3 is 25.2 Å². The number of amidine groups is 1. The minimum atomic E-state index is -4.56. The number of aryl methyl sites for hydroxylation is 2. The molecular formula is C30H29F3N2O5. The van der Waals surface area contributed by atoms with E-state index < -0.39 is 17.8 Å². The maximum atomic E-state index is 14.3. The van der Waals surface area contributed by atoms with Gasteiger partial charge in [0.15, 0.2) is 5.84 Å². The zero-order chi connectivity index (χ0) is 28.8. The lowest BCUT2D eigenvalue weighted by Crippen LogP contribution is -2.15. The maximum Gasteiger partial charge on any atom is 0.417 e. The Hall–Kier alpha value is -4.21. The number of carbonyl (C=O) groups is 1. The van der Waals surface area contributed by atoms with Crippen LogP contribution in [0.4, 0.5) is 13.2 Å². The second-order valence-corrected chi connectivity index (χ2v) is 10.2. The molecule has 210 valence electrons. The Labute approximate surface area is 229 Å². The summed E-state index contributed by atoms with van der Waals surface area (Å²) in [5.41, 5.74) is 9.43. The van der Waals surface area contributed by atoms with Crippen LogP contribution in [0.25, 0.3) is 11.1 Å². The molecule has 2 atom stereocenters. The van der Waals surface area contributed by atoms with E-state index in [1.165, 1.54) is 13.2 Å². The number of methoxy groups -OCH3 is 1. The molecule has 1 aliphatic carbocycles. The molecule has 0 radical (unpaired) electrons. The van der Waals surface area contributed by atoms with Crippen LogP contribution in [-0.4, -0.2) is 30.7 Å². The molecule has 5 rings (SSSR count). The minimum Gasteiger partial charge on any atom is -0.492 e. The van der Waals surface area contributed by atoms with Crippen molar-refractivity contribution in [2.24, 2.45) is 10.9 Å². The number of nitrogens with zero attached hydrogens (tertiary/aromatic N) is 1. The summed E-state index contributed by atoms with van der Waals surface area (Å²) in [7, 11) is 1.35. The van der Waals surface area contributed by atoms with Crippen LogP contribution in [0, 0.1) is 13.8 Å². The number of hydrogen-bond acceptors (Lipinski definition) is 6. The molecule has 7 nitrogen and oxygen atoms in total. The van der Waals surface area contributed by atoms with E-state index in [1.807, 2.05) is 6.07 Å². The van der Waals surface area contributed by atoms with Gasteiger partial charge >= 0.3 is 12.1 Å². The van der Waals surface area contributed by atoms with Gasteiger partial charge in [0.1, 0.15) is 17.6 Å². The van der Waals surface area contributed by atoms with E-state index in [4.69, 9.17) is 25.2 Å². The lowest BCUT2D eigenvalue weighted by atomic mass is 9.85. The van der Waals surface area contributed by atoms with Crippen molar-refractivity contribution in [2.75, 3.05) is 13.7 Å². The van der Waals surface area contributed by atoms with Gasteiger partial charge in [-0.25, -0.2) is 0 Å². The summed E-state index contributed by atoms with van der Waals surface area (Å²) in [5.74, 6) is 0.616. The largest absolute Gasteiger partial charge is 0.492 e. The molecule has 0 fully saturated rings. The van der Waals surface area contributed by atoms with Gasteiger partial charge in [0.2, 0.25) is 0 Å². The predicted octanol–water partition coefficient (Wildman–Crippen LogP) is 6.19. The third kappa shape index (κ3) is 4.94. The van der Waals surface area contributed by atoms with Crippen molar-refractivity contribution in [1.82, 2.24) is 0 Å². The molecule has 10 heteroatoms. The first-order valence-electron chi connectivity index (χ1n) is 12.8. The van der Waals surface area contributed by atoms with E-state index in [9.17, 15) is 18.0 Å². The average molecular weight is 555 g/mol. The van der Waals surface area contributed by atoms with Crippen LogP contribution in [0.15, 0.2) is 47.6 Å². The van der Waals surface area contributed by atoms with Crippen LogP contribution in [0.2, 0.25) is 0 Å². The average Bonchev–Trinajstić information content (AvgIpc) is 3.50. The Morgan fingerprint density at radius 1 is 1.10 bits per heavy atom. The zero-order valence-electron chi connectivity index (χ0n) is 22.3. The van der Waals surface area contributed by atoms with Crippen molar-refractivity contribution in [1.29, 1.82) is 0 Å². The summed E-state index contributed by atoms with van der Waals surface area (Å²) < 4.78 is 59.7. The summed E-state index contributed by atoms with van der Waals surface area (Å²) in [6.45, 7) is 3.80. The molecule has 0 unspecified atom stereocenters. The van der Waals surface area contributed by atoms with Gasteiger partial charge in [-0.05, 0) is 84.3 Å². The summed E-state index contributed by atoms with van der Waals surface area (Å²) in [6.07, 6.45) is -3.89. The van der Waals surface area contributed by atoms with E-state index in [1.54, 1.807) is 38.1 Å². The zero-order valence-corrected chi connectivity index (χ0v) is 22.3. The molecule has 0 spiro atoms. The second-order valence-electron chi connectivity index (χ2n) is 10.2. The lowest BCUT2D eigenvalue weighted by Gasteiger charge is -2.22. The number of esters is 1. The highest BCUT2D eigenvalue weighted by Crippen LogP contribution is 2.48. The van der Waals surface area contributed by atoms with Gasteiger partial charge in [0, 0.05) is 23.1 Å². The first-order valence-corrected chi connectivity index (χ1v) is 12.8. The molecule has 3 aromatic carbocycles. The van der Waals surface area contributed by atoms with Gasteiger partial charge in [-0.3, -0.25) is 4.79 Å². The normalized spacial score (nSPS) is 18.2. The smallest absolute Gasteiger partial charge is 0.417 e. The summed E-state index contributed by atoms with van der Waals surface area (Å²) in [6, 6.07) is 11.3. The monoisotopic (exact) mass is 554 g/mol. The summed E-state index contributed by atoms with van der Waals surface area (Å²) in [4.78, 5) is 11.7. The molecule has 1 aliphatic heterocycles. The number of rotatable bonds is 6. The van der Waals surface area contributed by atoms with Crippen LogP contribution in [0.5, 0.6) is 11.5 Å². The van der Waals surface area contributed by atoms with E-state index in [-0.39, 0.29) is 29.7 Å². The molecule has 2 aliphatic rings. The third-order valence-electron chi connectivity index (χ3n) is 7.63. The number of fused-ring (bicyclic) bond motifs is 2. The Balaban J connectivity index is 1.51. The van der Waals surface area contributed by atoms with Crippen molar-refractivity contribution in [3.05, 3.63) is 81.4 Å². The standard InChI is InChI=1S/C30H29F3N2O5/c1-15-10-17(29(34)35-37)11-16(2)27(15)28-22-7-9-24(21(22)6-8-23(28)30(31,32)33)40-19-4-5-20-18(12-26(36)38-3)14-39-25(20)13-19/h4-6,8,10-11,13,18,24,37H,7,9,12,14H2,1-3H3,(H2,34,35)/t18-,24-/m1/s1. The van der Waals surface area contributed by atoms with Gasteiger partial charge in [-0.15, -0.1) is 0 Å². The van der Waals surface area contributed by atoms with Crippen molar-refractivity contribution in [2.45, 2.75) is 51.3 Å². The molecule has 0 amide bonds. The van der Waals surface area contributed by atoms with Crippen molar-refractivity contribution in [3.63, 3.8) is 0 Å². The first-order chi connectivity index (χ1) is 19.0. The van der Waals surface area contributed by atoms with Crippen LogP contribution in [-0.2, 0) is 22.1 Å². The van der Waals surface area contributed by atoms with E-state index in [0.29, 0.717) is 64.3 Å². The van der Waals surface area contributed by atoms with E-state index in [0.717, 1.165) is 11.6 Å². The molecular weight excluding hydrogens is 525 g/mol. The Kier molecular flexibility index (Phi) is 7.12. The fourth-order valence-electron chi connectivity index (χ4n) is 5.82. The number of carbonyl (C=O) groups excluding carboxylic acids is 1. The number of nitrogens with two attached hydrogens (primary N) is 1. The number of hydrogen-bond donors (Lipinski definition) is 2. The Bertz CT molecular complexity index is 1490. The number of oxime groups is 1. The van der Waals surface area contributed by atoms with Gasteiger partial charge in [-0.2, -0.15) is 13.2 Å². The minimum absolute atomic E-state index is 0.107. The van der Waals surface area contributed by atoms with E-state index >= 15 is 0 Å². The molecule has 3 N–H and O–H groups in total. The number of halogens is 3. The maximum absolute atomic E-state index is 14.3. The highest BCUT2D eigenvalue weighted by molar-refractivity contribution is 5.98. The molecule has 1 heterocycles. The van der Waals surface area contributed by atoms with Crippen molar-refractivity contribution < 1.29 is 37.4 Å². The lowest BCUT2D eigenvalue weighted by molar-refractivity contribution is -0.141. The molecule has 0 saturated heterocycles. The molecule has 3 aromatic rings. The van der Waals surface area contributed by atoms with Gasteiger partial charge in [-0.1, -0.05) is 17.3 Å². The molecule has 0 saturated carbocycles. The van der Waals surface area contributed by atoms with Crippen molar-refractivity contribution >= 4 is 11.8 Å². The van der Waals surface area contributed by atoms with Crippen molar-refractivity contribution in [3.8, 4) is 22.6 Å². The Morgan fingerprint density at radius 2 is 1.80 bits per heavy atom. The Morgan fingerprint density at radius 3 is 2.45 bits per heavy atom. The quantitative estimate of drug-likeness (QED) is 0.124.